The number of pyridine rings is 1. The molecular weight excluding hydrogens is 427 g/mol. The van der Waals surface area contributed by atoms with Crippen LogP contribution in [-0.4, -0.2) is 30.1 Å². The lowest BCUT2D eigenvalue weighted by Gasteiger charge is -2.33. The van der Waals surface area contributed by atoms with Gasteiger partial charge in [0.2, 0.25) is 0 Å². The molecule has 0 amide bonds. The summed E-state index contributed by atoms with van der Waals surface area (Å²) in [6, 6.07) is 21.1. The van der Waals surface area contributed by atoms with Crippen molar-refractivity contribution in [3.05, 3.63) is 107 Å². The van der Waals surface area contributed by atoms with E-state index in [4.69, 9.17) is 0 Å². The normalized spacial score (nSPS) is 15.5. The first-order valence-corrected chi connectivity index (χ1v) is 12.0. The van der Waals surface area contributed by atoms with Crippen molar-refractivity contribution < 1.29 is 4.39 Å². The molecule has 5 rings (SSSR count). The molecule has 0 N–H and O–H groups in total. The van der Waals surface area contributed by atoms with Crippen molar-refractivity contribution in [1.29, 1.82) is 0 Å². The molecule has 2 heterocycles. The lowest BCUT2D eigenvalue weighted by Crippen LogP contribution is -2.32. The highest BCUT2D eigenvalue weighted by atomic mass is 19.1. The number of benzene rings is 2. The summed E-state index contributed by atoms with van der Waals surface area (Å²) in [6.45, 7) is 1.29. The zero-order valence-corrected chi connectivity index (χ0v) is 19.2. The lowest BCUT2D eigenvalue weighted by molar-refractivity contribution is 0.187. The average Bonchev–Trinajstić information content (AvgIpc) is 3.35. The first kappa shape index (κ1) is 22.3. The molecule has 7 heteroatoms. The summed E-state index contributed by atoms with van der Waals surface area (Å²) in [4.78, 5) is 6.62. The minimum atomic E-state index is -0.312. The van der Waals surface area contributed by atoms with E-state index in [9.17, 15) is 4.39 Å². The summed E-state index contributed by atoms with van der Waals surface area (Å²) in [7, 11) is 0. The molecule has 0 aliphatic heterocycles. The van der Waals surface area contributed by atoms with Gasteiger partial charge in [-0.25, -0.2) is 9.07 Å². The molecule has 0 spiro atoms. The SMILES string of the molecule is Fc1cccc([C@H](c2nnnn2C2CCCCC2)N(Cc2ccccc2)Cc2cccnc2)c1. The van der Waals surface area contributed by atoms with E-state index >= 15 is 0 Å². The Kier molecular flexibility index (Phi) is 7.00. The Morgan fingerprint density at radius 1 is 0.912 bits per heavy atom. The fourth-order valence-electron chi connectivity index (χ4n) is 4.95. The average molecular weight is 457 g/mol. The molecule has 0 radical (unpaired) electrons. The van der Waals surface area contributed by atoms with Crippen LogP contribution in [0.15, 0.2) is 79.1 Å². The molecular formula is C27H29FN6. The van der Waals surface area contributed by atoms with Crippen LogP contribution in [-0.2, 0) is 13.1 Å². The Morgan fingerprint density at radius 2 is 1.71 bits per heavy atom. The van der Waals surface area contributed by atoms with Gasteiger partial charge in [-0.3, -0.25) is 9.88 Å². The predicted octanol–water partition coefficient (Wildman–Crippen LogP) is 5.50. The van der Waals surface area contributed by atoms with Crippen molar-refractivity contribution in [2.45, 2.75) is 57.3 Å². The minimum Gasteiger partial charge on any atom is -0.281 e. The molecule has 1 aliphatic carbocycles. The zero-order valence-electron chi connectivity index (χ0n) is 19.2. The number of tetrazole rings is 1. The van der Waals surface area contributed by atoms with Gasteiger partial charge in [-0.15, -0.1) is 5.10 Å². The Morgan fingerprint density at radius 3 is 2.47 bits per heavy atom. The first-order chi connectivity index (χ1) is 16.8. The van der Waals surface area contributed by atoms with Crippen LogP contribution in [0.1, 0.15) is 66.7 Å². The Balaban J connectivity index is 1.60. The van der Waals surface area contributed by atoms with Crippen molar-refractivity contribution in [2.24, 2.45) is 0 Å². The Labute approximate surface area is 199 Å². The summed E-state index contributed by atoms with van der Waals surface area (Å²) in [5.41, 5.74) is 3.09. The van der Waals surface area contributed by atoms with Gasteiger partial charge in [0.25, 0.3) is 0 Å². The fourth-order valence-corrected chi connectivity index (χ4v) is 4.95. The highest BCUT2D eigenvalue weighted by molar-refractivity contribution is 5.27. The molecule has 1 aliphatic rings. The largest absolute Gasteiger partial charge is 0.281 e. The molecule has 1 saturated carbocycles. The van der Waals surface area contributed by atoms with E-state index in [0.29, 0.717) is 13.1 Å². The van der Waals surface area contributed by atoms with E-state index in [2.05, 4.69) is 43.6 Å². The summed E-state index contributed by atoms with van der Waals surface area (Å²) < 4.78 is 16.5. The minimum absolute atomic E-state index is 0.264. The van der Waals surface area contributed by atoms with E-state index in [-0.39, 0.29) is 17.9 Å². The zero-order chi connectivity index (χ0) is 23.2. The number of halogens is 1. The van der Waals surface area contributed by atoms with Gasteiger partial charge in [0.15, 0.2) is 5.82 Å². The number of hydrogen-bond acceptors (Lipinski definition) is 5. The quantitative estimate of drug-likeness (QED) is 0.350. The van der Waals surface area contributed by atoms with E-state index < -0.39 is 0 Å². The summed E-state index contributed by atoms with van der Waals surface area (Å²) in [5, 5.41) is 13.0. The maximum atomic E-state index is 14.5. The molecule has 174 valence electrons. The molecule has 1 fully saturated rings. The van der Waals surface area contributed by atoms with Gasteiger partial charge in [-0.2, -0.15) is 0 Å². The smallest absolute Gasteiger partial charge is 0.173 e. The van der Waals surface area contributed by atoms with Crippen LogP contribution in [0.2, 0.25) is 0 Å². The molecule has 34 heavy (non-hydrogen) atoms. The predicted molar refractivity (Wildman–Crippen MR) is 128 cm³/mol. The molecule has 2 aromatic heterocycles. The van der Waals surface area contributed by atoms with E-state index in [1.807, 2.05) is 41.2 Å². The number of nitrogens with zero attached hydrogens (tertiary/aromatic N) is 6. The highest BCUT2D eigenvalue weighted by Gasteiger charge is 2.31. The van der Waals surface area contributed by atoms with Crippen molar-refractivity contribution >= 4 is 0 Å². The highest BCUT2D eigenvalue weighted by Crippen LogP contribution is 2.35. The van der Waals surface area contributed by atoms with Crippen LogP contribution in [0.4, 0.5) is 4.39 Å². The van der Waals surface area contributed by atoms with Gasteiger partial charge < -0.3 is 0 Å². The van der Waals surface area contributed by atoms with Gasteiger partial charge in [0.1, 0.15) is 5.82 Å². The standard InChI is InChI=1S/C27H29FN6/c28-24-13-7-12-23(17-24)26(27-30-31-32-34(27)25-14-5-2-6-15-25)33(19-21-9-3-1-4-10-21)20-22-11-8-16-29-18-22/h1,3-4,7-13,16-18,25-26H,2,5-6,14-15,19-20H2/t26-/m1/s1. The van der Waals surface area contributed by atoms with Crippen molar-refractivity contribution in [1.82, 2.24) is 30.1 Å². The second-order valence-corrected chi connectivity index (χ2v) is 8.98. The fraction of sp³-hybridized carbons (Fsp3) is 0.333. The number of aromatic nitrogens is 5. The monoisotopic (exact) mass is 456 g/mol. The molecule has 1 atom stereocenters. The molecule has 6 nitrogen and oxygen atoms in total. The second kappa shape index (κ2) is 10.7. The van der Waals surface area contributed by atoms with E-state index in [0.717, 1.165) is 29.8 Å². The van der Waals surface area contributed by atoms with Gasteiger partial charge in [0, 0.05) is 25.5 Å². The van der Waals surface area contributed by atoms with Crippen molar-refractivity contribution in [3.63, 3.8) is 0 Å². The Hall–Kier alpha value is -3.45. The van der Waals surface area contributed by atoms with E-state index in [1.54, 1.807) is 18.3 Å². The molecule has 2 aromatic carbocycles. The van der Waals surface area contributed by atoms with Crippen LogP contribution >= 0.6 is 0 Å². The molecule has 4 aromatic rings. The van der Waals surface area contributed by atoms with Crippen molar-refractivity contribution in [2.75, 3.05) is 0 Å². The van der Waals surface area contributed by atoms with Gasteiger partial charge in [0.05, 0.1) is 12.1 Å². The first-order valence-electron chi connectivity index (χ1n) is 12.0. The molecule has 0 unspecified atom stereocenters. The number of rotatable bonds is 8. The molecule has 0 saturated heterocycles. The summed E-state index contributed by atoms with van der Waals surface area (Å²) in [5.74, 6) is 0.498. The third kappa shape index (κ3) is 5.20. The van der Waals surface area contributed by atoms with Gasteiger partial charge in [-0.1, -0.05) is 67.8 Å². The summed E-state index contributed by atoms with van der Waals surface area (Å²) in [6.07, 6.45) is 9.40. The topological polar surface area (TPSA) is 59.7 Å². The van der Waals surface area contributed by atoms with Gasteiger partial charge in [-0.05, 0) is 58.2 Å². The lowest BCUT2D eigenvalue weighted by atomic mass is 9.95. The van der Waals surface area contributed by atoms with Crippen molar-refractivity contribution in [3.8, 4) is 0 Å². The van der Waals surface area contributed by atoms with E-state index in [1.165, 1.54) is 30.9 Å². The molecule has 0 bridgehead atoms. The third-order valence-electron chi connectivity index (χ3n) is 6.55. The maximum absolute atomic E-state index is 14.5. The van der Waals surface area contributed by atoms with Crippen LogP contribution in [0.5, 0.6) is 0 Å². The number of hydrogen-bond donors (Lipinski definition) is 0. The van der Waals surface area contributed by atoms with Gasteiger partial charge >= 0.3 is 0 Å². The maximum Gasteiger partial charge on any atom is 0.173 e. The second-order valence-electron chi connectivity index (χ2n) is 8.98. The van der Waals surface area contributed by atoms with Crippen LogP contribution in [0.25, 0.3) is 0 Å². The Bertz CT molecular complexity index is 1130. The third-order valence-corrected chi connectivity index (χ3v) is 6.55. The van der Waals surface area contributed by atoms with Crippen LogP contribution in [0.3, 0.4) is 0 Å². The van der Waals surface area contributed by atoms with Crippen LogP contribution in [0, 0.1) is 5.82 Å². The van der Waals surface area contributed by atoms with Crippen LogP contribution < -0.4 is 0 Å². The summed E-state index contributed by atoms with van der Waals surface area (Å²) >= 11 is 0.